The first-order valence-electron chi connectivity index (χ1n) is 3.62. The summed E-state index contributed by atoms with van der Waals surface area (Å²) in [5.41, 5.74) is 0. The molecule has 0 bridgehead atoms. The maximum atomic E-state index is 10.6. The molecule has 0 aliphatic heterocycles. The van der Waals surface area contributed by atoms with Crippen LogP contribution in [0.25, 0.3) is 0 Å². The lowest BCUT2D eigenvalue weighted by Crippen LogP contribution is -2.00. The first-order chi connectivity index (χ1) is 5.74. The molecule has 0 amide bonds. The van der Waals surface area contributed by atoms with Crippen LogP contribution in [0, 0.1) is 6.92 Å². The van der Waals surface area contributed by atoms with Crippen molar-refractivity contribution >= 4 is 5.97 Å². The predicted octanol–water partition coefficient (Wildman–Crippen LogP) is 1.19. The summed E-state index contributed by atoms with van der Waals surface area (Å²) in [5, 5.41) is 6.86. The summed E-state index contributed by atoms with van der Waals surface area (Å²) in [6.45, 7) is 5.60. The molecule has 68 valence electrons. The van der Waals surface area contributed by atoms with E-state index in [2.05, 4.69) is 14.9 Å². The van der Waals surface area contributed by atoms with E-state index in [1.807, 2.05) is 13.8 Å². The lowest BCUT2D eigenvalue weighted by Gasteiger charge is -1.87. The lowest BCUT2D eigenvalue weighted by molar-refractivity contribution is 0.0554. The number of carbonyl (C=O) groups excluding carboxylic acids is 1. The molecule has 0 spiro atoms. The first kappa shape index (κ1) is 10.6. The maximum Gasteiger partial charge on any atom is 0.396 e. The molecular formula is C7H12N2O3. The van der Waals surface area contributed by atoms with Gasteiger partial charge in [-0.2, -0.15) is 0 Å². The second kappa shape index (κ2) is 5.29. The van der Waals surface area contributed by atoms with Crippen molar-refractivity contribution in [1.82, 2.24) is 10.2 Å². The molecule has 1 aromatic rings. The highest BCUT2D eigenvalue weighted by Gasteiger charge is 2.11. The zero-order valence-electron chi connectivity index (χ0n) is 7.62. The summed E-state index contributed by atoms with van der Waals surface area (Å²) in [4.78, 5) is 10.6. The van der Waals surface area contributed by atoms with Gasteiger partial charge in [-0.15, -0.1) is 10.2 Å². The Bertz CT molecular complexity index is 245. The third kappa shape index (κ3) is 2.69. The van der Waals surface area contributed by atoms with Crippen molar-refractivity contribution in [3.63, 3.8) is 0 Å². The zero-order valence-corrected chi connectivity index (χ0v) is 7.62. The van der Waals surface area contributed by atoms with E-state index in [0.29, 0.717) is 5.89 Å². The number of rotatable bonds is 1. The molecule has 12 heavy (non-hydrogen) atoms. The number of aromatic nitrogens is 2. The van der Waals surface area contributed by atoms with E-state index >= 15 is 0 Å². The Morgan fingerprint density at radius 1 is 1.42 bits per heavy atom. The minimum absolute atomic E-state index is 0.111. The van der Waals surface area contributed by atoms with Crippen molar-refractivity contribution in [3.05, 3.63) is 11.8 Å². The van der Waals surface area contributed by atoms with E-state index in [1.165, 1.54) is 7.11 Å². The van der Waals surface area contributed by atoms with Gasteiger partial charge >= 0.3 is 11.9 Å². The molecule has 1 aromatic heterocycles. The minimum Gasteiger partial charge on any atom is -0.462 e. The van der Waals surface area contributed by atoms with E-state index < -0.39 is 5.97 Å². The molecule has 1 rings (SSSR count). The summed E-state index contributed by atoms with van der Waals surface area (Å²) in [5.74, 6) is -0.374. The van der Waals surface area contributed by atoms with Gasteiger partial charge in [-0.25, -0.2) is 4.79 Å². The summed E-state index contributed by atoms with van der Waals surface area (Å²) in [6.07, 6.45) is 0. The van der Waals surface area contributed by atoms with E-state index in [4.69, 9.17) is 4.42 Å². The van der Waals surface area contributed by atoms with Crippen molar-refractivity contribution in [2.75, 3.05) is 7.11 Å². The predicted molar refractivity (Wildman–Crippen MR) is 41.7 cm³/mol. The van der Waals surface area contributed by atoms with Crippen LogP contribution in [0.4, 0.5) is 0 Å². The second-order valence-electron chi connectivity index (χ2n) is 1.62. The van der Waals surface area contributed by atoms with Gasteiger partial charge in [-0.1, -0.05) is 13.8 Å². The fourth-order valence-electron chi connectivity index (χ4n) is 0.466. The van der Waals surface area contributed by atoms with Gasteiger partial charge < -0.3 is 9.15 Å². The van der Waals surface area contributed by atoms with Gasteiger partial charge in [-0.3, -0.25) is 0 Å². The van der Waals surface area contributed by atoms with Crippen molar-refractivity contribution in [2.45, 2.75) is 20.8 Å². The Hall–Kier alpha value is -1.39. The van der Waals surface area contributed by atoms with E-state index in [0.717, 1.165) is 0 Å². The average molecular weight is 172 g/mol. The number of ether oxygens (including phenoxy) is 1. The number of aryl methyl sites for hydroxylation is 1. The van der Waals surface area contributed by atoms with Crippen molar-refractivity contribution in [1.29, 1.82) is 0 Å². The molecule has 0 aromatic carbocycles. The molecule has 0 aliphatic carbocycles. The summed E-state index contributed by atoms with van der Waals surface area (Å²) < 4.78 is 9.05. The summed E-state index contributed by atoms with van der Waals surface area (Å²) in [7, 11) is 1.25. The third-order valence-electron chi connectivity index (χ3n) is 0.886. The second-order valence-corrected chi connectivity index (χ2v) is 1.62. The molecule has 1 heterocycles. The van der Waals surface area contributed by atoms with Crippen LogP contribution in [0.3, 0.4) is 0 Å². The summed E-state index contributed by atoms with van der Waals surface area (Å²) in [6, 6.07) is 0. The van der Waals surface area contributed by atoms with Gasteiger partial charge in [0.05, 0.1) is 7.11 Å². The van der Waals surface area contributed by atoms with E-state index in [9.17, 15) is 4.79 Å². The highest BCUT2D eigenvalue weighted by atomic mass is 16.5. The Labute approximate surface area is 70.7 Å². The van der Waals surface area contributed by atoms with Crippen LogP contribution in [-0.4, -0.2) is 23.3 Å². The normalized spacial score (nSPS) is 8.33. The molecule has 0 saturated heterocycles. The van der Waals surface area contributed by atoms with Crippen LogP contribution in [0.2, 0.25) is 0 Å². The molecule has 0 fully saturated rings. The maximum absolute atomic E-state index is 10.6. The van der Waals surface area contributed by atoms with Crippen LogP contribution >= 0.6 is 0 Å². The first-order valence-corrected chi connectivity index (χ1v) is 3.62. The minimum atomic E-state index is -0.611. The molecule has 5 nitrogen and oxygen atoms in total. The van der Waals surface area contributed by atoms with Gasteiger partial charge in [-0.05, 0) is 0 Å². The highest BCUT2D eigenvalue weighted by Crippen LogP contribution is 1.98. The molecule has 0 N–H and O–H groups in total. The zero-order chi connectivity index (χ0) is 9.56. The number of carbonyl (C=O) groups is 1. The number of hydrogen-bond donors (Lipinski definition) is 0. The van der Waals surface area contributed by atoms with E-state index in [-0.39, 0.29) is 5.89 Å². The Balaban J connectivity index is 0.000000561. The number of esters is 1. The van der Waals surface area contributed by atoms with Crippen LogP contribution in [0.15, 0.2) is 4.42 Å². The summed E-state index contributed by atoms with van der Waals surface area (Å²) >= 11 is 0. The van der Waals surface area contributed by atoms with Crippen LogP contribution in [0.1, 0.15) is 30.4 Å². The van der Waals surface area contributed by atoms with Crippen molar-refractivity contribution < 1.29 is 13.9 Å². The standard InChI is InChI=1S/C5H6N2O3.C2H6/c1-3-6-7-4(10-3)5(8)9-2;1-2/h1-2H3;1-2H3. The van der Waals surface area contributed by atoms with Crippen LogP contribution in [-0.2, 0) is 4.74 Å². The molecule has 0 radical (unpaired) electrons. The topological polar surface area (TPSA) is 65.2 Å². The monoisotopic (exact) mass is 172 g/mol. The van der Waals surface area contributed by atoms with E-state index in [1.54, 1.807) is 6.92 Å². The number of methoxy groups -OCH3 is 1. The molecule has 5 heteroatoms. The Kier molecular flexibility index (Phi) is 4.67. The van der Waals surface area contributed by atoms with Gasteiger partial charge in [0.15, 0.2) is 0 Å². The molecule has 0 aliphatic rings. The SMILES string of the molecule is CC.COC(=O)c1nnc(C)o1. The quantitative estimate of drug-likeness (QED) is 0.595. The highest BCUT2D eigenvalue weighted by molar-refractivity contribution is 5.83. The molecule has 0 saturated carbocycles. The van der Waals surface area contributed by atoms with Crippen molar-refractivity contribution in [2.24, 2.45) is 0 Å². The van der Waals surface area contributed by atoms with Gasteiger partial charge in [0.2, 0.25) is 5.89 Å². The number of hydrogen-bond acceptors (Lipinski definition) is 5. The van der Waals surface area contributed by atoms with Gasteiger partial charge in [0.1, 0.15) is 0 Å². The third-order valence-corrected chi connectivity index (χ3v) is 0.886. The molecule has 0 atom stereocenters. The smallest absolute Gasteiger partial charge is 0.396 e. The van der Waals surface area contributed by atoms with Crippen molar-refractivity contribution in [3.8, 4) is 0 Å². The average Bonchev–Trinajstić information content (AvgIpc) is 2.54. The fourth-order valence-corrected chi connectivity index (χ4v) is 0.466. The van der Waals surface area contributed by atoms with Gasteiger partial charge in [0.25, 0.3) is 0 Å². The Morgan fingerprint density at radius 2 is 2.00 bits per heavy atom. The van der Waals surface area contributed by atoms with Crippen LogP contribution < -0.4 is 0 Å². The Morgan fingerprint density at radius 3 is 2.33 bits per heavy atom. The fraction of sp³-hybridized carbons (Fsp3) is 0.571. The largest absolute Gasteiger partial charge is 0.462 e. The van der Waals surface area contributed by atoms with Crippen LogP contribution in [0.5, 0.6) is 0 Å². The van der Waals surface area contributed by atoms with Gasteiger partial charge in [0, 0.05) is 6.92 Å². The molecule has 0 unspecified atom stereocenters. The molecular weight excluding hydrogens is 160 g/mol. The lowest BCUT2D eigenvalue weighted by atomic mass is 10.7. The number of nitrogens with zero attached hydrogens (tertiary/aromatic N) is 2.